The van der Waals surface area contributed by atoms with E-state index in [-0.39, 0.29) is 0 Å². The first kappa shape index (κ1) is 8.37. The topological polar surface area (TPSA) is 17.1 Å². The molecule has 0 aliphatic rings. The van der Waals surface area contributed by atoms with Crippen LogP contribution in [0.4, 0.5) is 0 Å². The highest BCUT2D eigenvalue weighted by Crippen LogP contribution is 1.92. The molecular formula is C7H7BrO. The van der Waals surface area contributed by atoms with E-state index in [0.717, 1.165) is 6.29 Å². The second kappa shape index (κ2) is 5.51. The molecule has 0 atom stereocenters. The molecule has 0 aliphatic heterocycles. The number of carbonyl (C=O) groups excluding carboxylic acids is 1. The smallest absolute Gasteiger partial charge is 0.150 e. The number of aldehydes is 1. The van der Waals surface area contributed by atoms with Gasteiger partial charge in [0.1, 0.15) is 6.29 Å². The Labute approximate surface area is 62.9 Å². The van der Waals surface area contributed by atoms with E-state index in [1.165, 1.54) is 6.08 Å². The molecule has 0 radical (unpaired) electrons. The van der Waals surface area contributed by atoms with Crippen LogP contribution in [0.5, 0.6) is 0 Å². The van der Waals surface area contributed by atoms with Crippen LogP contribution in [0.2, 0.25) is 0 Å². The van der Waals surface area contributed by atoms with Crippen molar-refractivity contribution < 1.29 is 4.79 Å². The predicted octanol–water partition coefficient (Wildman–Crippen LogP) is 2.21. The summed E-state index contributed by atoms with van der Waals surface area (Å²) >= 11 is 3.06. The molecule has 0 rings (SSSR count). The second-order valence-corrected chi connectivity index (χ2v) is 1.84. The first-order valence-corrected chi connectivity index (χ1v) is 3.31. The molecule has 0 aromatic carbocycles. The van der Waals surface area contributed by atoms with Crippen LogP contribution in [-0.4, -0.2) is 6.29 Å². The lowest BCUT2D eigenvalue weighted by molar-refractivity contribution is -0.104. The molecule has 2 heteroatoms. The molecule has 0 heterocycles. The first-order valence-electron chi connectivity index (χ1n) is 2.39. The summed E-state index contributed by atoms with van der Waals surface area (Å²) in [6, 6.07) is 0. The third kappa shape index (κ3) is 3.91. The Morgan fingerprint density at radius 3 is 2.56 bits per heavy atom. The van der Waals surface area contributed by atoms with Gasteiger partial charge in [-0.25, -0.2) is 0 Å². The van der Waals surface area contributed by atoms with Crippen LogP contribution < -0.4 is 0 Å². The predicted molar refractivity (Wildman–Crippen MR) is 42.4 cm³/mol. The van der Waals surface area contributed by atoms with Crippen LogP contribution in [0.1, 0.15) is 0 Å². The van der Waals surface area contributed by atoms with Crippen LogP contribution in [-0.2, 0) is 4.79 Å². The molecule has 0 unspecified atom stereocenters. The van der Waals surface area contributed by atoms with Crippen molar-refractivity contribution >= 4 is 22.2 Å². The fourth-order valence-corrected chi connectivity index (χ4v) is 0.456. The number of hydrogen-bond acceptors (Lipinski definition) is 1. The zero-order valence-corrected chi connectivity index (χ0v) is 6.47. The fraction of sp³-hybridized carbons (Fsp3) is 0. The molecular weight excluding hydrogens is 180 g/mol. The average molecular weight is 187 g/mol. The van der Waals surface area contributed by atoms with Gasteiger partial charge in [0.25, 0.3) is 0 Å². The van der Waals surface area contributed by atoms with Crippen molar-refractivity contribution in [1.82, 2.24) is 0 Å². The Morgan fingerprint density at radius 2 is 2.22 bits per heavy atom. The summed E-state index contributed by atoms with van der Waals surface area (Å²) in [5.74, 6) is 0. The molecule has 9 heavy (non-hydrogen) atoms. The maximum absolute atomic E-state index is 10.1. The quantitative estimate of drug-likeness (QED) is 0.376. The Morgan fingerprint density at radius 1 is 1.56 bits per heavy atom. The van der Waals surface area contributed by atoms with E-state index in [0.29, 0.717) is 5.57 Å². The molecule has 0 fully saturated rings. The van der Waals surface area contributed by atoms with Gasteiger partial charge in [-0.2, -0.15) is 0 Å². The number of rotatable bonds is 3. The maximum Gasteiger partial charge on any atom is 0.150 e. The zero-order chi connectivity index (χ0) is 7.11. The summed E-state index contributed by atoms with van der Waals surface area (Å²) in [5, 5.41) is 0. The van der Waals surface area contributed by atoms with Crippen molar-refractivity contribution in [3.63, 3.8) is 0 Å². The van der Waals surface area contributed by atoms with E-state index in [1.807, 2.05) is 0 Å². The van der Waals surface area contributed by atoms with Gasteiger partial charge in [0, 0.05) is 5.57 Å². The minimum absolute atomic E-state index is 0.575. The summed E-state index contributed by atoms with van der Waals surface area (Å²) in [7, 11) is 0. The van der Waals surface area contributed by atoms with Crippen LogP contribution in [0, 0.1) is 0 Å². The summed E-state index contributed by atoms with van der Waals surface area (Å²) < 4.78 is 0. The van der Waals surface area contributed by atoms with E-state index >= 15 is 0 Å². The van der Waals surface area contributed by atoms with E-state index in [2.05, 4.69) is 22.5 Å². The molecule has 0 saturated heterocycles. The van der Waals surface area contributed by atoms with E-state index in [1.54, 1.807) is 17.1 Å². The molecule has 0 aromatic rings. The summed E-state index contributed by atoms with van der Waals surface area (Å²) in [5.41, 5.74) is 0.575. The minimum atomic E-state index is 0.575. The lowest BCUT2D eigenvalue weighted by atomic mass is 10.3. The van der Waals surface area contributed by atoms with E-state index in [9.17, 15) is 4.79 Å². The number of carbonyl (C=O) groups is 1. The van der Waals surface area contributed by atoms with Gasteiger partial charge in [-0.15, -0.1) is 0 Å². The van der Waals surface area contributed by atoms with E-state index < -0.39 is 0 Å². The van der Waals surface area contributed by atoms with Gasteiger partial charge in [-0.3, -0.25) is 4.79 Å². The number of allylic oxidation sites excluding steroid dienone is 4. The van der Waals surface area contributed by atoms with Gasteiger partial charge >= 0.3 is 0 Å². The molecule has 0 spiro atoms. The van der Waals surface area contributed by atoms with Crippen LogP contribution in [0.15, 0.2) is 35.4 Å². The van der Waals surface area contributed by atoms with Crippen LogP contribution in [0.3, 0.4) is 0 Å². The molecule has 0 aromatic heterocycles. The summed E-state index contributed by atoms with van der Waals surface area (Å²) in [6.45, 7) is 3.44. The van der Waals surface area contributed by atoms with Gasteiger partial charge in [0.15, 0.2) is 0 Å². The number of halogens is 1. The Hall–Kier alpha value is -0.630. The molecule has 0 amide bonds. The van der Waals surface area contributed by atoms with Crippen LogP contribution >= 0.6 is 15.9 Å². The van der Waals surface area contributed by atoms with Crippen molar-refractivity contribution in [3.05, 3.63) is 35.4 Å². The van der Waals surface area contributed by atoms with Gasteiger partial charge in [0.05, 0.1) is 0 Å². The van der Waals surface area contributed by atoms with Crippen molar-refractivity contribution in [1.29, 1.82) is 0 Å². The average Bonchev–Trinajstić information content (AvgIpc) is 1.91. The second-order valence-electron chi connectivity index (χ2n) is 1.31. The highest BCUT2D eigenvalue weighted by Gasteiger charge is 1.79. The lowest BCUT2D eigenvalue weighted by Gasteiger charge is -1.80. The summed E-state index contributed by atoms with van der Waals surface area (Å²) in [4.78, 5) is 11.7. The first-order chi connectivity index (χ1) is 4.35. The minimum Gasteiger partial charge on any atom is -0.298 e. The monoisotopic (exact) mass is 186 g/mol. The maximum atomic E-state index is 10.1. The van der Waals surface area contributed by atoms with E-state index in [4.69, 9.17) is 0 Å². The Kier molecular flexibility index (Phi) is 5.12. The summed E-state index contributed by atoms with van der Waals surface area (Å²) in [6.07, 6.45) is 5.63. The van der Waals surface area contributed by atoms with Crippen molar-refractivity contribution in [2.45, 2.75) is 0 Å². The van der Waals surface area contributed by atoms with Gasteiger partial charge in [0.2, 0.25) is 0 Å². The fourth-order valence-electron chi connectivity index (χ4n) is 0.303. The highest BCUT2D eigenvalue weighted by atomic mass is 79.9. The molecule has 0 N–H and O–H groups in total. The molecule has 48 valence electrons. The number of hydrogen-bond donors (Lipinski definition) is 0. The van der Waals surface area contributed by atoms with Crippen LogP contribution in [0.25, 0.3) is 0 Å². The van der Waals surface area contributed by atoms with Crippen molar-refractivity contribution in [2.24, 2.45) is 0 Å². The third-order valence-corrected chi connectivity index (χ3v) is 1.04. The van der Waals surface area contributed by atoms with Gasteiger partial charge < -0.3 is 0 Å². The highest BCUT2D eigenvalue weighted by molar-refractivity contribution is 9.11. The van der Waals surface area contributed by atoms with Gasteiger partial charge in [-0.05, 0) is 4.99 Å². The van der Waals surface area contributed by atoms with Gasteiger partial charge in [-0.1, -0.05) is 40.7 Å². The SMILES string of the molecule is C=C/C(C=O)=C\C=C\Br. The third-order valence-electron chi connectivity index (χ3n) is 0.733. The lowest BCUT2D eigenvalue weighted by Crippen LogP contribution is -1.73. The Balaban J connectivity index is 4.06. The largest absolute Gasteiger partial charge is 0.298 e. The molecule has 0 aliphatic carbocycles. The standard InChI is InChI=1S/C7H7BrO/c1-2-7(6-9)4-3-5-8/h2-6H,1H2/b5-3+,7-4+. The molecule has 0 bridgehead atoms. The molecule has 0 saturated carbocycles. The Bertz CT molecular complexity index is 146. The normalized spacial score (nSPS) is 11.9. The zero-order valence-electron chi connectivity index (χ0n) is 4.88. The van der Waals surface area contributed by atoms with Crippen molar-refractivity contribution in [2.75, 3.05) is 0 Å². The molecule has 1 nitrogen and oxygen atoms in total. The van der Waals surface area contributed by atoms with Crippen molar-refractivity contribution in [3.8, 4) is 0 Å².